The molecule has 0 radical (unpaired) electrons. The van der Waals surface area contributed by atoms with Gasteiger partial charge in [0.2, 0.25) is 0 Å². The molecule has 0 saturated carbocycles. The number of rotatable bonds is 6. The van der Waals surface area contributed by atoms with Gasteiger partial charge in [-0.05, 0) is 37.6 Å². The van der Waals surface area contributed by atoms with E-state index >= 15 is 0 Å². The number of para-hydroxylation sites is 1. The van der Waals surface area contributed by atoms with Crippen molar-refractivity contribution in [2.75, 3.05) is 13.7 Å². The van der Waals surface area contributed by atoms with Gasteiger partial charge in [0.15, 0.2) is 5.17 Å². The van der Waals surface area contributed by atoms with Crippen molar-refractivity contribution in [3.8, 4) is 5.75 Å². The third-order valence-corrected chi connectivity index (χ3v) is 5.92. The summed E-state index contributed by atoms with van der Waals surface area (Å²) in [4.78, 5) is 17.5. The van der Waals surface area contributed by atoms with Gasteiger partial charge >= 0.3 is 5.97 Å². The number of ether oxygens (including phenoxy) is 2. The number of carbonyl (C=O) groups is 1. The molecule has 0 bridgehead atoms. The first-order chi connectivity index (χ1) is 14.0. The fraction of sp³-hybridized carbons (Fsp3) is 0.273. The van der Waals surface area contributed by atoms with Gasteiger partial charge in [-0.3, -0.25) is 0 Å². The summed E-state index contributed by atoms with van der Waals surface area (Å²) in [6.07, 6.45) is 0. The number of halogens is 1. The minimum atomic E-state index is -0.487. The summed E-state index contributed by atoms with van der Waals surface area (Å²) in [5.41, 5.74) is 3.27. The molecule has 29 heavy (non-hydrogen) atoms. The Morgan fingerprint density at radius 2 is 1.93 bits per heavy atom. The lowest BCUT2D eigenvalue weighted by atomic mass is 9.96. The molecule has 1 aliphatic rings. The fourth-order valence-electron chi connectivity index (χ4n) is 3.04. The van der Waals surface area contributed by atoms with Crippen LogP contribution in [0.4, 0.5) is 0 Å². The molecule has 152 valence electrons. The van der Waals surface area contributed by atoms with Crippen molar-refractivity contribution < 1.29 is 14.3 Å². The van der Waals surface area contributed by atoms with E-state index in [0.717, 1.165) is 26.7 Å². The molecule has 0 spiro atoms. The largest absolute Gasteiger partial charge is 0.496 e. The number of allylic oxidation sites excluding steroid dienone is 1. The number of amidine groups is 1. The SMILES string of the molecule is CCOC(=O)C1=C(C)NC(SCc2ccc(Br)cc2)=N[C@H]1c1ccccc1OC. The van der Waals surface area contributed by atoms with Crippen LogP contribution >= 0.6 is 27.7 Å². The van der Waals surface area contributed by atoms with E-state index in [-0.39, 0.29) is 5.97 Å². The van der Waals surface area contributed by atoms with E-state index in [1.807, 2.05) is 43.3 Å². The van der Waals surface area contributed by atoms with Crippen LogP contribution in [0.3, 0.4) is 0 Å². The molecule has 1 aliphatic heterocycles. The molecule has 0 aromatic heterocycles. The van der Waals surface area contributed by atoms with Crippen molar-refractivity contribution in [1.82, 2.24) is 5.32 Å². The highest BCUT2D eigenvalue weighted by Gasteiger charge is 2.32. The van der Waals surface area contributed by atoms with Crippen LogP contribution in [0.25, 0.3) is 0 Å². The molecule has 0 unspecified atom stereocenters. The van der Waals surface area contributed by atoms with Gasteiger partial charge in [-0.2, -0.15) is 0 Å². The summed E-state index contributed by atoms with van der Waals surface area (Å²) >= 11 is 5.05. The smallest absolute Gasteiger partial charge is 0.338 e. The van der Waals surface area contributed by atoms with E-state index in [0.29, 0.717) is 17.9 Å². The Morgan fingerprint density at radius 3 is 2.62 bits per heavy atom. The Morgan fingerprint density at radius 1 is 1.21 bits per heavy atom. The van der Waals surface area contributed by atoms with Crippen LogP contribution < -0.4 is 10.1 Å². The zero-order valence-corrected chi connectivity index (χ0v) is 19.0. The molecule has 1 N–H and O–H groups in total. The Kier molecular flexibility index (Phi) is 7.39. The van der Waals surface area contributed by atoms with Crippen LogP contribution in [-0.4, -0.2) is 24.9 Å². The first kappa shape index (κ1) is 21.5. The number of carbonyl (C=O) groups excluding carboxylic acids is 1. The lowest BCUT2D eigenvalue weighted by Crippen LogP contribution is -2.30. The normalized spacial score (nSPS) is 16.1. The highest BCUT2D eigenvalue weighted by molar-refractivity contribution is 9.10. The number of nitrogens with zero attached hydrogens (tertiary/aromatic N) is 1. The lowest BCUT2D eigenvalue weighted by molar-refractivity contribution is -0.138. The van der Waals surface area contributed by atoms with Crippen LogP contribution in [0.2, 0.25) is 0 Å². The maximum atomic E-state index is 12.7. The Hall–Kier alpha value is -2.25. The fourth-order valence-corrected chi connectivity index (χ4v) is 4.21. The van der Waals surface area contributed by atoms with Crippen LogP contribution in [0.1, 0.15) is 31.0 Å². The second-order valence-electron chi connectivity index (χ2n) is 6.38. The predicted octanol–water partition coefficient (Wildman–Crippen LogP) is 5.23. The first-order valence-corrected chi connectivity index (χ1v) is 11.0. The zero-order valence-electron chi connectivity index (χ0n) is 16.6. The van der Waals surface area contributed by atoms with Crippen molar-refractivity contribution >= 4 is 38.8 Å². The summed E-state index contributed by atoms with van der Waals surface area (Å²) in [6.45, 7) is 3.98. The number of thioether (sulfide) groups is 1. The molecular weight excluding hydrogens is 452 g/mol. The summed E-state index contributed by atoms with van der Waals surface area (Å²) in [7, 11) is 1.62. The third-order valence-electron chi connectivity index (χ3n) is 4.44. The predicted molar refractivity (Wildman–Crippen MR) is 121 cm³/mol. The van der Waals surface area contributed by atoms with Crippen molar-refractivity contribution in [3.63, 3.8) is 0 Å². The molecule has 3 rings (SSSR count). The van der Waals surface area contributed by atoms with E-state index in [1.165, 1.54) is 5.56 Å². The highest BCUT2D eigenvalue weighted by atomic mass is 79.9. The maximum absolute atomic E-state index is 12.7. The molecule has 7 heteroatoms. The van der Waals surface area contributed by atoms with E-state index in [1.54, 1.807) is 25.8 Å². The standard InChI is InChI=1S/C22H23BrN2O3S/c1-4-28-21(26)19-14(2)24-22(29-13-15-9-11-16(23)12-10-15)25-20(19)17-7-5-6-8-18(17)27-3/h5-12,20H,4,13H2,1-3H3,(H,24,25)/t20-/m0/s1. The Labute approximate surface area is 183 Å². The monoisotopic (exact) mass is 474 g/mol. The highest BCUT2D eigenvalue weighted by Crippen LogP contribution is 2.37. The number of esters is 1. The number of aliphatic imine (C=N–C) groups is 1. The van der Waals surface area contributed by atoms with Crippen molar-refractivity contribution in [2.45, 2.75) is 25.6 Å². The summed E-state index contributed by atoms with van der Waals surface area (Å²) in [6, 6.07) is 15.3. The average Bonchev–Trinajstić information content (AvgIpc) is 2.73. The maximum Gasteiger partial charge on any atom is 0.338 e. The van der Waals surface area contributed by atoms with Crippen LogP contribution in [0, 0.1) is 0 Å². The number of nitrogens with one attached hydrogen (secondary N) is 1. The minimum absolute atomic E-state index is 0.309. The Bertz CT molecular complexity index is 941. The van der Waals surface area contributed by atoms with Crippen LogP contribution in [0.5, 0.6) is 5.75 Å². The van der Waals surface area contributed by atoms with Gasteiger partial charge < -0.3 is 14.8 Å². The number of hydrogen-bond donors (Lipinski definition) is 1. The molecule has 5 nitrogen and oxygen atoms in total. The number of hydrogen-bond acceptors (Lipinski definition) is 6. The quantitative estimate of drug-likeness (QED) is 0.580. The summed E-state index contributed by atoms with van der Waals surface area (Å²) < 4.78 is 11.9. The van der Waals surface area contributed by atoms with Gasteiger partial charge in [-0.25, -0.2) is 9.79 Å². The van der Waals surface area contributed by atoms with Gasteiger partial charge in [0.05, 0.1) is 19.3 Å². The van der Waals surface area contributed by atoms with Gasteiger partial charge in [0.25, 0.3) is 0 Å². The average molecular weight is 475 g/mol. The molecular formula is C22H23BrN2O3S. The minimum Gasteiger partial charge on any atom is -0.496 e. The molecule has 0 fully saturated rings. The van der Waals surface area contributed by atoms with E-state index in [4.69, 9.17) is 14.5 Å². The first-order valence-electron chi connectivity index (χ1n) is 9.26. The molecule has 0 amide bonds. The summed E-state index contributed by atoms with van der Waals surface area (Å²) in [5, 5.41) is 4.02. The molecule has 0 saturated heterocycles. The number of methoxy groups -OCH3 is 1. The molecule has 2 aromatic carbocycles. The van der Waals surface area contributed by atoms with Gasteiger partial charge in [0.1, 0.15) is 11.8 Å². The van der Waals surface area contributed by atoms with E-state index < -0.39 is 6.04 Å². The van der Waals surface area contributed by atoms with Gasteiger partial charge in [-0.15, -0.1) is 0 Å². The van der Waals surface area contributed by atoms with Crippen molar-refractivity contribution in [2.24, 2.45) is 4.99 Å². The Balaban J connectivity index is 1.92. The van der Waals surface area contributed by atoms with E-state index in [2.05, 4.69) is 33.4 Å². The lowest BCUT2D eigenvalue weighted by Gasteiger charge is -2.26. The van der Waals surface area contributed by atoms with E-state index in [9.17, 15) is 4.79 Å². The number of benzene rings is 2. The second-order valence-corrected chi connectivity index (χ2v) is 8.26. The summed E-state index contributed by atoms with van der Waals surface area (Å²) in [5.74, 6) is 1.09. The van der Waals surface area contributed by atoms with Gasteiger partial charge in [-0.1, -0.05) is 58.0 Å². The topological polar surface area (TPSA) is 59.9 Å². The zero-order chi connectivity index (χ0) is 20.8. The van der Waals surface area contributed by atoms with Crippen molar-refractivity contribution in [1.29, 1.82) is 0 Å². The molecule has 1 atom stereocenters. The van der Waals surface area contributed by atoms with Gasteiger partial charge in [0, 0.05) is 21.5 Å². The molecule has 0 aliphatic carbocycles. The second kappa shape index (κ2) is 9.98. The van der Waals surface area contributed by atoms with Crippen molar-refractivity contribution in [3.05, 3.63) is 75.4 Å². The third kappa shape index (κ3) is 5.22. The molecule has 2 aromatic rings. The van der Waals surface area contributed by atoms with Crippen LogP contribution in [0.15, 0.2) is 69.3 Å². The molecule has 1 heterocycles. The van der Waals surface area contributed by atoms with Crippen LogP contribution in [-0.2, 0) is 15.3 Å².